The van der Waals surface area contributed by atoms with E-state index < -0.39 is 0 Å². The fourth-order valence-electron chi connectivity index (χ4n) is 2.18. The summed E-state index contributed by atoms with van der Waals surface area (Å²) in [6, 6.07) is 1.80. The van der Waals surface area contributed by atoms with E-state index in [2.05, 4.69) is 39.7 Å². The molecule has 94 valence electrons. The minimum absolute atomic E-state index is 0.176. The first-order chi connectivity index (χ1) is 8.02. The van der Waals surface area contributed by atoms with Gasteiger partial charge in [-0.2, -0.15) is 4.98 Å². The Hall–Kier alpha value is -0.680. The van der Waals surface area contributed by atoms with Crippen LogP contribution in [0.4, 0.5) is 0 Å². The second-order valence-corrected chi connectivity index (χ2v) is 5.36. The zero-order valence-corrected chi connectivity index (χ0v) is 11.9. The molecule has 0 radical (unpaired) electrons. The third-order valence-corrected chi connectivity index (χ3v) is 3.13. The fraction of sp³-hybridized carbons (Fsp3) is 0.667. The number of hydrogen-bond donors (Lipinski definition) is 0. The van der Waals surface area contributed by atoms with Crippen LogP contribution in [0.3, 0.4) is 0 Å². The standard InChI is InChI=1S/C12H17BrN2O2/c1-7-4-10(5-8(2)16-7)17-12-6-11(13)14-9(3)15-12/h6-8,10H,4-5H2,1-3H3. The van der Waals surface area contributed by atoms with E-state index in [1.54, 1.807) is 6.07 Å². The SMILES string of the molecule is Cc1nc(Br)cc(OC2CC(C)OC(C)C2)n1. The predicted octanol–water partition coefficient (Wildman–Crippen LogP) is 2.88. The molecule has 0 amide bonds. The molecule has 2 atom stereocenters. The number of halogens is 1. The molecule has 1 aromatic rings. The molecule has 0 saturated carbocycles. The Bertz CT molecular complexity index is 370. The van der Waals surface area contributed by atoms with Crippen LogP contribution in [0.5, 0.6) is 5.88 Å². The Morgan fingerprint density at radius 2 is 1.94 bits per heavy atom. The number of nitrogens with zero attached hydrogens (tertiary/aromatic N) is 2. The Balaban J connectivity index is 2.04. The third kappa shape index (κ3) is 3.64. The second kappa shape index (κ2) is 5.31. The van der Waals surface area contributed by atoms with Gasteiger partial charge in [0.05, 0.1) is 12.2 Å². The molecule has 0 spiro atoms. The van der Waals surface area contributed by atoms with Crippen LogP contribution in [0.15, 0.2) is 10.7 Å². The van der Waals surface area contributed by atoms with Crippen molar-refractivity contribution in [3.8, 4) is 5.88 Å². The van der Waals surface area contributed by atoms with E-state index in [-0.39, 0.29) is 18.3 Å². The summed E-state index contributed by atoms with van der Waals surface area (Å²) in [7, 11) is 0. The summed E-state index contributed by atoms with van der Waals surface area (Å²) in [6.07, 6.45) is 2.48. The van der Waals surface area contributed by atoms with Crippen molar-refractivity contribution in [3.63, 3.8) is 0 Å². The Morgan fingerprint density at radius 1 is 1.29 bits per heavy atom. The molecule has 0 N–H and O–H groups in total. The molecule has 1 saturated heterocycles. The lowest BCUT2D eigenvalue weighted by Gasteiger charge is -2.31. The average Bonchev–Trinajstić information content (AvgIpc) is 2.13. The molecule has 0 aliphatic carbocycles. The van der Waals surface area contributed by atoms with Crippen molar-refractivity contribution in [1.82, 2.24) is 9.97 Å². The molecule has 1 aromatic heterocycles. The minimum Gasteiger partial charge on any atom is -0.474 e. The quantitative estimate of drug-likeness (QED) is 0.788. The molecule has 2 unspecified atom stereocenters. The number of ether oxygens (including phenoxy) is 2. The van der Waals surface area contributed by atoms with Crippen molar-refractivity contribution < 1.29 is 9.47 Å². The monoisotopic (exact) mass is 300 g/mol. The molecular weight excluding hydrogens is 284 g/mol. The highest BCUT2D eigenvalue weighted by Crippen LogP contribution is 2.24. The smallest absolute Gasteiger partial charge is 0.217 e. The van der Waals surface area contributed by atoms with Gasteiger partial charge in [-0.25, -0.2) is 4.98 Å². The summed E-state index contributed by atoms with van der Waals surface area (Å²) in [5.41, 5.74) is 0. The van der Waals surface area contributed by atoms with Gasteiger partial charge < -0.3 is 9.47 Å². The van der Waals surface area contributed by atoms with Gasteiger partial charge in [-0.15, -0.1) is 0 Å². The maximum Gasteiger partial charge on any atom is 0.217 e. The number of hydrogen-bond acceptors (Lipinski definition) is 4. The molecule has 17 heavy (non-hydrogen) atoms. The topological polar surface area (TPSA) is 44.2 Å². The van der Waals surface area contributed by atoms with E-state index >= 15 is 0 Å². The normalized spacial score (nSPS) is 29.1. The van der Waals surface area contributed by atoms with Crippen molar-refractivity contribution in [3.05, 3.63) is 16.5 Å². The van der Waals surface area contributed by atoms with Crippen molar-refractivity contribution in [2.75, 3.05) is 0 Å². The van der Waals surface area contributed by atoms with Gasteiger partial charge in [0.25, 0.3) is 0 Å². The largest absolute Gasteiger partial charge is 0.474 e. The van der Waals surface area contributed by atoms with Crippen LogP contribution < -0.4 is 4.74 Å². The molecule has 1 aliphatic heterocycles. The van der Waals surface area contributed by atoms with Gasteiger partial charge in [-0.1, -0.05) is 0 Å². The van der Waals surface area contributed by atoms with Gasteiger partial charge in [-0.3, -0.25) is 0 Å². The van der Waals surface area contributed by atoms with Gasteiger partial charge in [0.15, 0.2) is 0 Å². The maximum atomic E-state index is 5.90. The molecule has 5 heteroatoms. The molecule has 0 bridgehead atoms. The van der Waals surface area contributed by atoms with Crippen molar-refractivity contribution in [2.24, 2.45) is 0 Å². The lowest BCUT2D eigenvalue weighted by atomic mass is 10.0. The summed E-state index contributed by atoms with van der Waals surface area (Å²) < 4.78 is 12.3. The molecule has 4 nitrogen and oxygen atoms in total. The average molecular weight is 301 g/mol. The van der Waals surface area contributed by atoms with Crippen LogP contribution in [0.25, 0.3) is 0 Å². The van der Waals surface area contributed by atoms with Crippen LogP contribution in [-0.2, 0) is 4.74 Å². The van der Waals surface area contributed by atoms with Crippen LogP contribution in [0.1, 0.15) is 32.5 Å². The lowest BCUT2D eigenvalue weighted by Crippen LogP contribution is -2.35. The Labute approximate surface area is 110 Å². The van der Waals surface area contributed by atoms with E-state index in [4.69, 9.17) is 9.47 Å². The number of aryl methyl sites for hydroxylation is 1. The molecular formula is C12H17BrN2O2. The first-order valence-corrected chi connectivity index (χ1v) is 6.65. The second-order valence-electron chi connectivity index (χ2n) is 4.54. The highest BCUT2D eigenvalue weighted by atomic mass is 79.9. The minimum atomic E-state index is 0.176. The lowest BCUT2D eigenvalue weighted by molar-refractivity contribution is -0.0730. The van der Waals surface area contributed by atoms with Gasteiger partial charge in [0.2, 0.25) is 5.88 Å². The predicted molar refractivity (Wildman–Crippen MR) is 68.1 cm³/mol. The highest BCUT2D eigenvalue weighted by molar-refractivity contribution is 9.10. The van der Waals surface area contributed by atoms with Gasteiger partial charge in [0, 0.05) is 18.9 Å². The van der Waals surface area contributed by atoms with Crippen molar-refractivity contribution >= 4 is 15.9 Å². The Morgan fingerprint density at radius 3 is 2.53 bits per heavy atom. The molecule has 0 aromatic carbocycles. The summed E-state index contributed by atoms with van der Waals surface area (Å²) in [6.45, 7) is 6.01. The van der Waals surface area contributed by atoms with E-state index in [9.17, 15) is 0 Å². The summed E-state index contributed by atoms with van der Waals surface area (Å²) in [5.74, 6) is 1.35. The zero-order valence-electron chi connectivity index (χ0n) is 10.3. The third-order valence-electron chi connectivity index (χ3n) is 2.72. The molecule has 2 heterocycles. The first-order valence-electron chi connectivity index (χ1n) is 5.86. The van der Waals surface area contributed by atoms with Crippen LogP contribution in [-0.4, -0.2) is 28.3 Å². The maximum absolute atomic E-state index is 5.90. The Kier molecular flexibility index (Phi) is 3.99. The van der Waals surface area contributed by atoms with E-state index in [1.165, 1.54) is 0 Å². The summed E-state index contributed by atoms with van der Waals surface area (Å²) in [5, 5.41) is 0. The van der Waals surface area contributed by atoms with Crippen LogP contribution in [0.2, 0.25) is 0 Å². The van der Waals surface area contributed by atoms with Crippen LogP contribution >= 0.6 is 15.9 Å². The van der Waals surface area contributed by atoms with Crippen molar-refractivity contribution in [2.45, 2.75) is 51.9 Å². The van der Waals surface area contributed by atoms with E-state index in [1.807, 2.05) is 6.92 Å². The van der Waals surface area contributed by atoms with Gasteiger partial charge in [0.1, 0.15) is 16.5 Å². The van der Waals surface area contributed by atoms with Crippen LogP contribution in [0, 0.1) is 6.92 Å². The van der Waals surface area contributed by atoms with Crippen molar-refractivity contribution in [1.29, 1.82) is 0 Å². The van der Waals surface area contributed by atoms with Gasteiger partial charge in [-0.05, 0) is 36.7 Å². The number of rotatable bonds is 2. The van der Waals surface area contributed by atoms with E-state index in [0.717, 1.165) is 17.4 Å². The molecule has 2 rings (SSSR count). The fourth-order valence-corrected chi connectivity index (χ4v) is 2.63. The van der Waals surface area contributed by atoms with E-state index in [0.29, 0.717) is 11.7 Å². The summed E-state index contributed by atoms with van der Waals surface area (Å²) >= 11 is 3.35. The first kappa shape index (κ1) is 12.8. The molecule has 1 aliphatic rings. The number of aromatic nitrogens is 2. The van der Waals surface area contributed by atoms with Gasteiger partial charge >= 0.3 is 0 Å². The highest BCUT2D eigenvalue weighted by Gasteiger charge is 2.26. The molecule has 1 fully saturated rings. The summed E-state index contributed by atoms with van der Waals surface area (Å²) in [4.78, 5) is 8.43. The zero-order chi connectivity index (χ0) is 12.4.